The smallest absolute Gasteiger partial charge is 0.416 e. The Hall–Kier alpha value is -4.51. The number of carbonyl (C=O) groups is 3. The minimum absolute atomic E-state index is 0.00116. The molecule has 2 aromatic rings. The summed E-state index contributed by atoms with van der Waals surface area (Å²) in [5, 5.41) is 18.2. The van der Waals surface area contributed by atoms with Gasteiger partial charge in [-0.2, -0.15) is 52.7 Å². The Balaban J connectivity index is 1.65. The summed E-state index contributed by atoms with van der Waals surface area (Å²) in [5.41, 5.74) is -5.82. The lowest BCUT2D eigenvalue weighted by Crippen LogP contribution is -2.32. The number of ether oxygens (including phenoxy) is 6. The number of aliphatic hydroxyl groups excluding tert-OH is 2. The molecule has 0 aliphatic heterocycles. The van der Waals surface area contributed by atoms with Crippen LogP contribution in [0.15, 0.2) is 36.4 Å². The first-order valence-electron chi connectivity index (χ1n) is 22.6. The van der Waals surface area contributed by atoms with Gasteiger partial charge in [0.25, 0.3) is 0 Å². The molecule has 2 N–H and O–H groups in total. The van der Waals surface area contributed by atoms with Crippen molar-refractivity contribution >= 4 is 17.9 Å². The monoisotopic (exact) mass is 1020 g/mol. The molecule has 0 fully saturated rings. The molecule has 69 heavy (non-hydrogen) atoms. The highest BCUT2D eigenvalue weighted by Crippen LogP contribution is 2.39. The third kappa shape index (κ3) is 26.9. The lowest BCUT2D eigenvalue weighted by molar-refractivity contribution is -0.169. The number of hydrogen-bond acceptors (Lipinski definition) is 11. The summed E-state index contributed by atoms with van der Waals surface area (Å²) in [6.07, 6.45) is -11.5. The number of rotatable bonds is 34. The quantitative estimate of drug-likeness (QED) is 0.0299. The van der Waals surface area contributed by atoms with Crippen molar-refractivity contribution in [2.45, 2.75) is 152 Å². The highest BCUT2D eigenvalue weighted by molar-refractivity contribution is 5.71. The molecule has 0 spiro atoms. The van der Waals surface area contributed by atoms with E-state index in [2.05, 4.69) is 0 Å². The van der Waals surface area contributed by atoms with E-state index in [1.165, 1.54) is 0 Å². The van der Waals surface area contributed by atoms with E-state index in [0.29, 0.717) is 75.6 Å². The molecule has 0 heterocycles. The average molecular weight is 1020 g/mol. The van der Waals surface area contributed by atoms with E-state index in [9.17, 15) is 67.1 Å². The van der Waals surface area contributed by atoms with E-state index in [4.69, 9.17) is 38.6 Å². The fourth-order valence-corrected chi connectivity index (χ4v) is 6.46. The van der Waals surface area contributed by atoms with Crippen molar-refractivity contribution in [1.82, 2.24) is 0 Å². The maximum Gasteiger partial charge on any atom is 0.416 e. The van der Waals surface area contributed by atoms with Crippen molar-refractivity contribution in [2.24, 2.45) is 0 Å². The summed E-state index contributed by atoms with van der Waals surface area (Å²) in [7, 11) is 0. The van der Waals surface area contributed by atoms with Crippen molar-refractivity contribution in [3.63, 3.8) is 0 Å². The number of hydrogen-bond donors (Lipinski definition) is 2. The number of aliphatic hydroxyl groups is 2. The molecule has 2 rings (SSSR count). The van der Waals surface area contributed by atoms with Crippen LogP contribution in [-0.2, 0) is 58.0 Å². The molecule has 1 atom stereocenters. The molecule has 0 saturated carbocycles. The fraction of sp³-hybridized carbons (Fsp3) is 0.674. The second-order valence-electron chi connectivity index (χ2n) is 16.1. The Kier molecular flexibility index (Phi) is 27.2. The standard InChI is InChI=1S/C46H60F12O11/c47-43(48,49)32-21-33(44(50,51)52)24-36(23-32)64-19-15-11-7-3-1-5-9-13-17-40(61)67-29-39(30-68-42(63)31-66-38(27-59)28-60)69-41(62)18-14-10-6-2-4-8-12-16-20-65-37-25-34(45(53,54)55)22-35(26-37)46(56,57)58/h21-26,38-39,59-60H,1-20,27-31H2. The van der Waals surface area contributed by atoms with Gasteiger partial charge < -0.3 is 38.6 Å². The molecule has 0 amide bonds. The summed E-state index contributed by atoms with van der Waals surface area (Å²) >= 11 is 0. The Morgan fingerprint density at radius 2 is 0.739 bits per heavy atom. The normalized spacial score (nSPS) is 12.8. The number of unbranched alkanes of at least 4 members (excludes halogenated alkanes) is 14. The van der Waals surface area contributed by atoms with E-state index in [0.717, 1.165) is 51.4 Å². The molecule has 0 radical (unpaired) electrons. The minimum atomic E-state index is -4.97. The predicted octanol–water partition coefficient (Wildman–Crippen LogP) is 11.6. The maximum atomic E-state index is 13.1. The second kappa shape index (κ2) is 31.0. The molecule has 0 bridgehead atoms. The first-order valence-corrected chi connectivity index (χ1v) is 22.6. The molecule has 2 aromatic carbocycles. The minimum Gasteiger partial charge on any atom is -0.494 e. The highest BCUT2D eigenvalue weighted by Gasteiger charge is 2.38. The van der Waals surface area contributed by atoms with E-state index < -0.39 is 122 Å². The Labute approximate surface area is 392 Å². The van der Waals surface area contributed by atoms with Crippen LogP contribution < -0.4 is 9.47 Å². The number of alkyl halides is 12. The van der Waals surface area contributed by atoms with E-state index in [-0.39, 0.29) is 38.2 Å². The molecular formula is C46H60F12O11. The van der Waals surface area contributed by atoms with Gasteiger partial charge in [0, 0.05) is 12.8 Å². The Morgan fingerprint density at radius 1 is 0.420 bits per heavy atom. The zero-order chi connectivity index (χ0) is 51.5. The van der Waals surface area contributed by atoms with Crippen LogP contribution in [0.1, 0.15) is 138 Å². The molecular weight excluding hydrogens is 956 g/mol. The van der Waals surface area contributed by atoms with Gasteiger partial charge in [-0.1, -0.05) is 77.0 Å². The molecule has 23 heteroatoms. The van der Waals surface area contributed by atoms with Gasteiger partial charge >= 0.3 is 42.6 Å². The summed E-state index contributed by atoms with van der Waals surface area (Å²) in [5.74, 6) is -3.18. The van der Waals surface area contributed by atoms with Gasteiger partial charge in [-0.15, -0.1) is 0 Å². The van der Waals surface area contributed by atoms with Crippen molar-refractivity contribution in [3.05, 3.63) is 58.7 Å². The summed E-state index contributed by atoms with van der Waals surface area (Å²) in [6.45, 7) is -2.78. The number of esters is 3. The molecule has 1 unspecified atom stereocenters. The van der Waals surface area contributed by atoms with E-state index >= 15 is 0 Å². The van der Waals surface area contributed by atoms with Crippen LogP contribution in [0.5, 0.6) is 11.5 Å². The van der Waals surface area contributed by atoms with Crippen LogP contribution in [0.25, 0.3) is 0 Å². The largest absolute Gasteiger partial charge is 0.494 e. The van der Waals surface area contributed by atoms with Crippen LogP contribution in [0.3, 0.4) is 0 Å². The van der Waals surface area contributed by atoms with Gasteiger partial charge in [0.1, 0.15) is 37.4 Å². The Morgan fingerprint density at radius 3 is 1.09 bits per heavy atom. The first-order chi connectivity index (χ1) is 32.4. The van der Waals surface area contributed by atoms with Crippen LogP contribution in [0.2, 0.25) is 0 Å². The summed E-state index contributed by atoms with van der Waals surface area (Å²) in [4.78, 5) is 37.3. The van der Waals surface area contributed by atoms with Gasteiger partial charge in [0.05, 0.1) is 48.7 Å². The lowest BCUT2D eigenvalue weighted by atomic mass is 10.1. The van der Waals surface area contributed by atoms with E-state index in [1.807, 2.05) is 0 Å². The maximum absolute atomic E-state index is 13.1. The van der Waals surface area contributed by atoms with Crippen molar-refractivity contribution in [3.8, 4) is 11.5 Å². The SMILES string of the molecule is O=C(CCCCCCCCCCOc1cc(C(F)(F)F)cc(C(F)(F)F)c1)OCC(COC(=O)COC(CO)CO)OC(=O)CCCCCCCCCCOc1cc(C(F)(F)F)cc(C(F)(F)F)c1. The molecule has 0 saturated heterocycles. The summed E-state index contributed by atoms with van der Waals surface area (Å²) in [6, 6.07) is 2.18. The Bertz CT molecular complexity index is 1730. The van der Waals surface area contributed by atoms with Crippen LogP contribution in [0.4, 0.5) is 52.7 Å². The molecule has 0 aliphatic rings. The summed E-state index contributed by atoms with van der Waals surface area (Å²) < 4.78 is 188. The first kappa shape index (κ1) is 60.6. The fourth-order valence-electron chi connectivity index (χ4n) is 6.46. The van der Waals surface area contributed by atoms with Gasteiger partial charge in [0.2, 0.25) is 0 Å². The van der Waals surface area contributed by atoms with Gasteiger partial charge in [-0.05, 0) is 62.1 Å². The predicted molar refractivity (Wildman–Crippen MR) is 223 cm³/mol. The van der Waals surface area contributed by atoms with Crippen LogP contribution in [0, 0.1) is 0 Å². The van der Waals surface area contributed by atoms with Crippen molar-refractivity contribution in [2.75, 3.05) is 46.2 Å². The number of carbonyl (C=O) groups excluding carboxylic acids is 3. The van der Waals surface area contributed by atoms with Crippen molar-refractivity contribution < 1.29 is 106 Å². The number of benzene rings is 2. The zero-order valence-corrected chi connectivity index (χ0v) is 37.9. The molecule has 0 aromatic heterocycles. The van der Waals surface area contributed by atoms with Crippen molar-refractivity contribution in [1.29, 1.82) is 0 Å². The van der Waals surface area contributed by atoms with Gasteiger partial charge in [-0.25, -0.2) is 4.79 Å². The zero-order valence-electron chi connectivity index (χ0n) is 37.9. The highest BCUT2D eigenvalue weighted by atomic mass is 19.4. The average Bonchev–Trinajstić information content (AvgIpc) is 3.27. The second-order valence-corrected chi connectivity index (χ2v) is 16.1. The molecule has 0 aliphatic carbocycles. The lowest BCUT2D eigenvalue weighted by Gasteiger charge is -2.19. The van der Waals surface area contributed by atoms with Crippen LogP contribution in [-0.4, -0.2) is 86.6 Å². The van der Waals surface area contributed by atoms with Crippen LogP contribution >= 0.6 is 0 Å². The molecule has 11 nitrogen and oxygen atoms in total. The third-order valence-corrected chi connectivity index (χ3v) is 10.2. The van der Waals surface area contributed by atoms with Gasteiger partial charge in [-0.3, -0.25) is 9.59 Å². The topological polar surface area (TPSA) is 147 Å². The third-order valence-electron chi connectivity index (χ3n) is 10.2. The van der Waals surface area contributed by atoms with E-state index in [1.54, 1.807) is 0 Å². The van der Waals surface area contributed by atoms with Gasteiger partial charge in [0.15, 0.2) is 6.10 Å². The molecule has 394 valence electrons. The number of halogens is 12.